The number of furan rings is 1. The highest BCUT2D eigenvalue weighted by Crippen LogP contribution is 2.43. The SMILES string of the molecule is c1cc(Nc2cccc3oc4cccc(-c5ccc(-c6cc7ccccc7c7ccccc67)cc5)c4c23)cc(-c2ccc3c(c2)sc2ccccc23)c1. The smallest absolute Gasteiger partial charge is 0.137 e. The second kappa shape index (κ2) is 11.9. The normalized spacial score (nSPS) is 11.8. The Morgan fingerprint density at radius 2 is 1.02 bits per heavy atom. The Kier molecular flexibility index (Phi) is 6.76. The van der Waals surface area contributed by atoms with Crippen LogP contribution in [0, 0.1) is 0 Å². The van der Waals surface area contributed by atoms with Crippen molar-refractivity contribution in [3.05, 3.63) is 182 Å². The van der Waals surface area contributed by atoms with E-state index in [1.807, 2.05) is 11.3 Å². The Hall–Kier alpha value is -6.68. The number of nitrogens with one attached hydrogen (secondary N) is 1. The molecule has 9 aromatic carbocycles. The van der Waals surface area contributed by atoms with Crippen LogP contribution in [0.3, 0.4) is 0 Å². The molecule has 0 amide bonds. The molecule has 11 aromatic rings. The van der Waals surface area contributed by atoms with E-state index in [1.165, 1.54) is 64.0 Å². The molecule has 0 bridgehead atoms. The minimum Gasteiger partial charge on any atom is -0.456 e. The molecule has 2 aromatic heterocycles. The lowest BCUT2D eigenvalue weighted by Gasteiger charge is -2.13. The van der Waals surface area contributed by atoms with Gasteiger partial charge in [-0.15, -0.1) is 11.3 Å². The summed E-state index contributed by atoms with van der Waals surface area (Å²) in [5.41, 5.74) is 10.9. The molecular weight excluding hydrogens is 663 g/mol. The molecule has 53 heavy (non-hydrogen) atoms. The van der Waals surface area contributed by atoms with Gasteiger partial charge in [-0.3, -0.25) is 0 Å². The van der Waals surface area contributed by atoms with E-state index in [-0.39, 0.29) is 0 Å². The predicted octanol–water partition coefficient (Wildman–Crippen LogP) is 15.0. The maximum atomic E-state index is 6.50. The lowest BCUT2D eigenvalue weighted by molar-refractivity contribution is 0.669. The highest BCUT2D eigenvalue weighted by atomic mass is 32.1. The number of benzene rings is 9. The van der Waals surface area contributed by atoms with Crippen LogP contribution in [0.4, 0.5) is 11.4 Å². The number of rotatable bonds is 5. The lowest BCUT2D eigenvalue weighted by atomic mass is 9.92. The molecule has 2 nitrogen and oxygen atoms in total. The first-order valence-corrected chi connectivity index (χ1v) is 18.8. The molecule has 0 radical (unpaired) electrons. The largest absolute Gasteiger partial charge is 0.456 e. The zero-order chi connectivity index (χ0) is 34.9. The molecule has 0 saturated heterocycles. The summed E-state index contributed by atoms with van der Waals surface area (Å²) in [4.78, 5) is 0. The fraction of sp³-hybridized carbons (Fsp3) is 0. The Bertz CT molecular complexity index is 3200. The molecule has 3 heteroatoms. The van der Waals surface area contributed by atoms with Gasteiger partial charge in [-0.25, -0.2) is 0 Å². The Balaban J connectivity index is 0.980. The molecule has 2 heterocycles. The molecule has 0 spiro atoms. The third-order valence-corrected chi connectivity index (χ3v) is 11.8. The van der Waals surface area contributed by atoms with Gasteiger partial charge in [0.05, 0.1) is 11.1 Å². The summed E-state index contributed by atoms with van der Waals surface area (Å²) >= 11 is 1.85. The van der Waals surface area contributed by atoms with E-state index >= 15 is 0 Å². The zero-order valence-electron chi connectivity index (χ0n) is 28.6. The molecule has 0 aliphatic rings. The summed E-state index contributed by atoms with van der Waals surface area (Å²) in [5.74, 6) is 0. The summed E-state index contributed by atoms with van der Waals surface area (Å²) in [7, 11) is 0. The molecular formula is C50H31NOS. The molecule has 1 N–H and O–H groups in total. The highest BCUT2D eigenvalue weighted by Gasteiger charge is 2.17. The number of hydrogen-bond donors (Lipinski definition) is 1. The van der Waals surface area contributed by atoms with Gasteiger partial charge in [-0.05, 0) is 103 Å². The van der Waals surface area contributed by atoms with Crippen LogP contribution in [0.1, 0.15) is 0 Å². The van der Waals surface area contributed by atoms with Gasteiger partial charge in [0.15, 0.2) is 0 Å². The van der Waals surface area contributed by atoms with Crippen LogP contribution in [-0.4, -0.2) is 0 Å². The monoisotopic (exact) mass is 693 g/mol. The molecule has 248 valence electrons. The second-order valence-corrected chi connectivity index (χ2v) is 14.8. The first-order valence-electron chi connectivity index (χ1n) is 18.0. The fourth-order valence-corrected chi connectivity index (χ4v) is 9.32. The molecule has 0 atom stereocenters. The molecule has 0 aliphatic heterocycles. The molecule has 0 aliphatic carbocycles. The maximum absolute atomic E-state index is 6.50. The van der Waals surface area contributed by atoms with Gasteiger partial charge < -0.3 is 9.73 Å². The third-order valence-electron chi connectivity index (χ3n) is 10.7. The van der Waals surface area contributed by atoms with Gasteiger partial charge in [0.2, 0.25) is 0 Å². The van der Waals surface area contributed by atoms with E-state index in [2.05, 4.69) is 187 Å². The standard InChI is InChI=1S/C50H31NOS/c1-2-13-37-35(10-1)29-43(40-15-4-3-14-39(37)40)32-24-22-31(23-25-32)38-17-8-19-45-49(38)50-44(18-9-20-46(50)52-45)51-36-12-7-11-33(28-36)34-26-27-42-41-16-5-6-21-47(41)53-48(42)30-34/h1-30,51H. The van der Waals surface area contributed by atoms with Crippen LogP contribution in [0.25, 0.3) is 97.0 Å². The highest BCUT2D eigenvalue weighted by molar-refractivity contribution is 7.25. The van der Waals surface area contributed by atoms with Crippen LogP contribution >= 0.6 is 11.3 Å². The van der Waals surface area contributed by atoms with E-state index < -0.39 is 0 Å². The average molecular weight is 694 g/mol. The van der Waals surface area contributed by atoms with Gasteiger partial charge in [-0.2, -0.15) is 0 Å². The van der Waals surface area contributed by atoms with Gasteiger partial charge in [0.25, 0.3) is 0 Å². The van der Waals surface area contributed by atoms with Crippen LogP contribution < -0.4 is 5.32 Å². The number of anilines is 2. The van der Waals surface area contributed by atoms with Gasteiger partial charge >= 0.3 is 0 Å². The van der Waals surface area contributed by atoms with Gasteiger partial charge in [0, 0.05) is 31.2 Å². The van der Waals surface area contributed by atoms with Crippen molar-refractivity contribution in [3.63, 3.8) is 0 Å². The topological polar surface area (TPSA) is 25.2 Å². The molecule has 0 unspecified atom stereocenters. The zero-order valence-corrected chi connectivity index (χ0v) is 29.5. The summed E-state index contributed by atoms with van der Waals surface area (Å²) in [6.07, 6.45) is 0. The maximum Gasteiger partial charge on any atom is 0.137 e. The van der Waals surface area contributed by atoms with E-state index in [4.69, 9.17) is 4.42 Å². The summed E-state index contributed by atoms with van der Waals surface area (Å²) < 4.78 is 9.13. The van der Waals surface area contributed by atoms with Crippen molar-refractivity contribution in [2.24, 2.45) is 0 Å². The van der Waals surface area contributed by atoms with E-state index in [9.17, 15) is 0 Å². The van der Waals surface area contributed by atoms with Crippen LogP contribution in [-0.2, 0) is 0 Å². The summed E-state index contributed by atoms with van der Waals surface area (Å²) in [6.45, 7) is 0. The van der Waals surface area contributed by atoms with Crippen molar-refractivity contribution in [2.75, 3.05) is 5.32 Å². The lowest BCUT2D eigenvalue weighted by Crippen LogP contribution is -1.92. The van der Waals surface area contributed by atoms with Crippen LogP contribution in [0.2, 0.25) is 0 Å². The number of hydrogen-bond acceptors (Lipinski definition) is 3. The van der Waals surface area contributed by atoms with Crippen molar-refractivity contribution in [1.29, 1.82) is 0 Å². The second-order valence-electron chi connectivity index (χ2n) is 13.7. The summed E-state index contributed by atoms with van der Waals surface area (Å²) in [6, 6.07) is 65.6. The molecule has 0 saturated carbocycles. The van der Waals surface area contributed by atoms with Gasteiger partial charge in [0.1, 0.15) is 11.2 Å². The van der Waals surface area contributed by atoms with Gasteiger partial charge in [-0.1, -0.05) is 133 Å². The van der Waals surface area contributed by atoms with Crippen LogP contribution in [0.15, 0.2) is 186 Å². The number of thiophene rings is 1. The Morgan fingerprint density at radius 3 is 1.89 bits per heavy atom. The third kappa shape index (κ3) is 4.93. The van der Waals surface area contributed by atoms with E-state index in [1.54, 1.807) is 0 Å². The van der Waals surface area contributed by atoms with Crippen LogP contribution in [0.5, 0.6) is 0 Å². The van der Waals surface area contributed by atoms with Crippen molar-refractivity contribution < 1.29 is 4.42 Å². The van der Waals surface area contributed by atoms with Crippen molar-refractivity contribution in [3.8, 4) is 33.4 Å². The van der Waals surface area contributed by atoms with Crippen molar-refractivity contribution >= 4 is 86.4 Å². The minimum atomic E-state index is 0.864. The first-order chi connectivity index (χ1) is 26.2. The fourth-order valence-electron chi connectivity index (χ4n) is 8.17. The predicted molar refractivity (Wildman–Crippen MR) is 228 cm³/mol. The molecule has 0 fully saturated rings. The van der Waals surface area contributed by atoms with Crippen molar-refractivity contribution in [1.82, 2.24) is 0 Å². The van der Waals surface area contributed by atoms with Crippen molar-refractivity contribution in [2.45, 2.75) is 0 Å². The summed E-state index contributed by atoms with van der Waals surface area (Å²) in [5, 5.41) is 13.7. The Morgan fingerprint density at radius 1 is 0.377 bits per heavy atom. The molecule has 11 rings (SSSR count). The first kappa shape index (κ1) is 30.0. The number of fused-ring (bicyclic) bond motifs is 9. The quantitative estimate of drug-likeness (QED) is 0.182. The average Bonchev–Trinajstić information content (AvgIpc) is 3.79. The van der Waals surface area contributed by atoms with E-state index in [0.29, 0.717) is 0 Å². The van der Waals surface area contributed by atoms with E-state index in [0.717, 1.165) is 44.4 Å². The minimum absolute atomic E-state index is 0.864. The Labute approximate surface area is 310 Å².